The zero-order valence-corrected chi connectivity index (χ0v) is 13.0. The smallest absolute Gasteiger partial charge is 0.399 e. The van der Waals surface area contributed by atoms with Gasteiger partial charge in [0.25, 0.3) is 0 Å². The normalized spacial score (nSPS) is 20.4. The first kappa shape index (κ1) is 15.5. The Hall–Kier alpha value is -0.905. The van der Waals surface area contributed by atoms with Crippen LogP contribution in [0.15, 0.2) is 12.1 Å². The van der Waals surface area contributed by atoms with Crippen LogP contribution in [0.25, 0.3) is 0 Å². The summed E-state index contributed by atoms with van der Waals surface area (Å²) in [6.45, 7) is 9.97. The number of methoxy groups -OCH3 is 1. The number of hydrogen-bond donors (Lipinski definition) is 0. The predicted molar refractivity (Wildman–Crippen MR) is 77.6 cm³/mol. The summed E-state index contributed by atoms with van der Waals surface area (Å²) in [5.74, 6) is -0.230. The summed E-state index contributed by atoms with van der Waals surface area (Å²) in [6, 6.07) is 3.53. The molecule has 1 aromatic carbocycles. The zero-order chi connectivity index (χ0) is 15.1. The second-order valence-corrected chi connectivity index (χ2v) is 6.33. The van der Waals surface area contributed by atoms with Gasteiger partial charge >= 0.3 is 7.12 Å². The third-order valence-electron chi connectivity index (χ3n) is 4.18. The van der Waals surface area contributed by atoms with Crippen molar-refractivity contribution in [1.29, 1.82) is 0 Å². The van der Waals surface area contributed by atoms with Gasteiger partial charge in [-0.05, 0) is 45.6 Å². The van der Waals surface area contributed by atoms with Gasteiger partial charge in [0, 0.05) is 12.7 Å². The first-order valence-corrected chi connectivity index (χ1v) is 6.81. The molecule has 0 amide bonds. The second-order valence-electron chi connectivity index (χ2n) is 6.33. The minimum absolute atomic E-state index is 0.230. The minimum atomic E-state index is -0.477. The first-order valence-electron chi connectivity index (χ1n) is 6.81. The number of benzene rings is 1. The molecule has 1 aromatic rings. The molecule has 0 N–H and O–H groups in total. The molecular formula is C15H22BFO3. The van der Waals surface area contributed by atoms with Crippen LogP contribution in [0.5, 0.6) is 0 Å². The van der Waals surface area contributed by atoms with E-state index >= 15 is 0 Å². The van der Waals surface area contributed by atoms with Crippen LogP contribution in [0.2, 0.25) is 0 Å². The van der Waals surface area contributed by atoms with Crippen molar-refractivity contribution in [2.45, 2.75) is 52.4 Å². The average Bonchev–Trinajstić information content (AvgIpc) is 2.54. The lowest BCUT2D eigenvalue weighted by Crippen LogP contribution is -2.41. The Kier molecular flexibility index (Phi) is 3.97. The summed E-state index contributed by atoms with van der Waals surface area (Å²) in [5.41, 5.74) is 1.12. The van der Waals surface area contributed by atoms with E-state index in [1.54, 1.807) is 26.2 Å². The fourth-order valence-corrected chi connectivity index (χ4v) is 2.25. The van der Waals surface area contributed by atoms with E-state index in [1.165, 1.54) is 0 Å². The molecule has 0 unspecified atom stereocenters. The fourth-order valence-electron chi connectivity index (χ4n) is 2.25. The van der Waals surface area contributed by atoms with E-state index in [2.05, 4.69) is 0 Å². The third kappa shape index (κ3) is 2.62. The highest BCUT2D eigenvalue weighted by Gasteiger charge is 2.51. The Morgan fingerprint density at radius 1 is 1.15 bits per heavy atom. The highest BCUT2D eigenvalue weighted by atomic mass is 19.1. The lowest BCUT2D eigenvalue weighted by atomic mass is 9.77. The lowest BCUT2D eigenvalue weighted by molar-refractivity contribution is 0.00578. The van der Waals surface area contributed by atoms with Gasteiger partial charge in [0.2, 0.25) is 0 Å². The van der Waals surface area contributed by atoms with Gasteiger partial charge in [0.05, 0.1) is 17.8 Å². The van der Waals surface area contributed by atoms with Crippen molar-refractivity contribution in [2.24, 2.45) is 0 Å². The fraction of sp³-hybridized carbons (Fsp3) is 0.600. The molecule has 1 aliphatic heterocycles. The Morgan fingerprint density at radius 2 is 1.70 bits per heavy atom. The summed E-state index contributed by atoms with van der Waals surface area (Å²) in [4.78, 5) is 0. The largest absolute Gasteiger partial charge is 0.494 e. The van der Waals surface area contributed by atoms with Crippen molar-refractivity contribution >= 4 is 12.6 Å². The molecule has 1 heterocycles. The minimum Gasteiger partial charge on any atom is -0.399 e. The van der Waals surface area contributed by atoms with Crippen molar-refractivity contribution < 1.29 is 18.4 Å². The molecule has 5 heteroatoms. The summed E-state index contributed by atoms with van der Waals surface area (Å²) in [6.07, 6.45) is 0. The van der Waals surface area contributed by atoms with Crippen LogP contribution in [-0.4, -0.2) is 25.4 Å². The molecule has 1 aliphatic rings. The Labute approximate surface area is 120 Å². The third-order valence-corrected chi connectivity index (χ3v) is 4.18. The molecule has 3 nitrogen and oxygen atoms in total. The molecule has 110 valence electrons. The molecule has 0 aliphatic carbocycles. The van der Waals surface area contributed by atoms with E-state index in [4.69, 9.17) is 14.0 Å². The van der Waals surface area contributed by atoms with E-state index in [9.17, 15) is 4.39 Å². The predicted octanol–water partition coefficient (Wildman–Crippen LogP) is 2.58. The molecule has 20 heavy (non-hydrogen) atoms. The van der Waals surface area contributed by atoms with E-state index in [0.717, 1.165) is 5.46 Å². The highest BCUT2D eigenvalue weighted by Crippen LogP contribution is 2.36. The van der Waals surface area contributed by atoms with E-state index in [1.807, 2.05) is 27.7 Å². The van der Waals surface area contributed by atoms with Gasteiger partial charge in [-0.15, -0.1) is 0 Å². The van der Waals surface area contributed by atoms with Crippen molar-refractivity contribution in [3.8, 4) is 0 Å². The maximum atomic E-state index is 14.0. The van der Waals surface area contributed by atoms with Crippen LogP contribution < -0.4 is 5.46 Å². The van der Waals surface area contributed by atoms with Crippen LogP contribution in [0.3, 0.4) is 0 Å². The van der Waals surface area contributed by atoms with Crippen LogP contribution in [0.4, 0.5) is 4.39 Å². The topological polar surface area (TPSA) is 27.7 Å². The molecule has 0 spiro atoms. The van der Waals surface area contributed by atoms with Crippen LogP contribution in [0, 0.1) is 12.7 Å². The van der Waals surface area contributed by atoms with Crippen LogP contribution in [-0.2, 0) is 20.7 Å². The lowest BCUT2D eigenvalue weighted by Gasteiger charge is -2.32. The Balaban J connectivity index is 2.35. The summed E-state index contributed by atoms with van der Waals surface area (Å²) in [7, 11) is 1.07. The van der Waals surface area contributed by atoms with Crippen molar-refractivity contribution in [2.75, 3.05) is 7.11 Å². The number of halogens is 1. The van der Waals surface area contributed by atoms with E-state index < -0.39 is 18.3 Å². The maximum absolute atomic E-state index is 14.0. The summed E-state index contributed by atoms with van der Waals surface area (Å²) < 4.78 is 31.0. The van der Waals surface area contributed by atoms with Crippen LogP contribution >= 0.6 is 0 Å². The second kappa shape index (κ2) is 5.13. The van der Waals surface area contributed by atoms with Gasteiger partial charge in [0.1, 0.15) is 5.82 Å². The number of ether oxygens (including phenoxy) is 1. The highest BCUT2D eigenvalue weighted by molar-refractivity contribution is 6.62. The van der Waals surface area contributed by atoms with Crippen LogP contribution in [0.1, 0.15) is 38.8 Å². The standard InChI is InChI=1S/C15H22BFO3/c1-10-7-12(8-11(9-18-6)13(10)17)16-19-14(2,3)15(4,5)20-16/h7-8H,9H2,1-6H3. The van der Waals surface area contributed by atoms with Crippen molar-refractivity contribution in [3.05, 3.63) is 29.1 Å². The molecule has 1 fully saturated rings. The molecule has 0 atom stereocenters. The molecule has 0 saturated carbocycles. The summed E-state index contributed by atoms with van der Waals surface area (Å²) >= 11 is 0. The molecule has 2 rings (SSSR count). The quantitative estimate of drug-likeness (QED) is 0.796. The molecule has 1 saturated heterocycles. The Bertz CT molecular complexity index is 498. The Morgan fingerprint density at radius 3 is 2.20 bits per heavy atom. The van der Waals surface area contributed by atoms with Gasteiger partial charge in [0.15, 0.2) is 0 Å². The molecular weight excluding hydrogens is 258 g/mol. The number of aryl methyl sites for hydroxylation is 1. The maximum Gasteiger partial charge on any atom is 0.494 e. The van der Waals surface area contributed by atoms with Crippen molar-refractivity contribution in [1.82, 2.24) is 0 Å². The molecule has 0 aromatic heterocycles. The first-order chi connectivity index (χ1) is 9.18. The van der Waals surface area contributed by atoms with Gasteiger partial charge in [-0.25, -0.2) is 4.39 Å². The van der Waals surface area contributed by atoms with Gasteiger partial charge in [-0.1, -0.05) is 12.1 Å². The number of hydrogen-bond acceptors (Lipinski definition) is 3. The number of rotatable bonds is 3. The van der Waals surface area contributed by atoms with E-state index in [0.29, 0.717) is 11.1 Å². The summed E-state index contributed by atoms with van der Waals surface area (Å²) in [5, 5.41) is 0. The molecule has 0 bridgehead atoms. The van der Waals surface area contributed by atoms with Gasteiger partial charge in [-0.2, -0.15) is 0 Å². The molecule has 0 radical (unpaired) electrons. The average molecular weight is 280 g/mol. The zero-order valence-electron chi connectivity index (χ0n) is 13.0. The van der Waals surface area contributed by atoms with E-state index in [-0.39, 0.29) is 12.4 Å². The van der Waals surface area contributed by atoms with Crippen molar-refractivity contribution in [3.63, 3.8) is 0 Å². The monoisotopic (exact) mass is 280 g/mol. The SMILES string of the molecule is COCc1cc(B2OC(C)(C)C(C)(C)O2)cc(C)c1F. The van der Waals surface area contributed by atoms with Gasteiger partial charge < -0.3 is 14.0 Å². The van der Waals surface area contributed by atoms with Gasteiger partial charge in [-0.3, -0.25) is 0 Å².